The van der Waals surface area contributed by atoms with Crippen LogP contribution in [0.2, 0.25) is 0 Å². The van der Waals surface area contributed by atoms with Crippen LogP contribution in [0, 0.1) is 5.92 Å². The number of aliphatic carboxylic acids is 1. The molecule has 3 aliphatic carbocycles. The lowest BCUT2D eigenvalue weighted by Gasteiger charge is -2.19. The van der Waals surface area contributed by atoms with Crippen LogP contribution in [0.15, 0.2) is 60.7 Å². The Balaban J connectivity index is 1.14. The summed E-state index contributed by atoms with van der Waals surface area (Å²) >= 11 is 0. The summed E-state index contributed by atoms with van der Waals surface area (Å²) in [5.74, 6) is 0.158. The van der Waals surface area contributed by atoms with Crippen molar-refractivity contribution in [3.05, 3.63) is 88.5 Å². The van der Waals surface area contributed by atoms with E-state index in [1.807, 2.05) is 24.3 Å². The first-order chi connectivity index (χ1) is 18.1. The molecule has 1 unspecified atom stereocenters. The Morgan fingerprint density at radius 3 is 2.22 bits per heavy atom. The van der Waals surface area contributed by atoms with Gasteiger partial charge in [-0.2, -0.15) is 0 Å². The lowest BCUT2D eigenvalue weighted by Crippen LogP contribution is -2.43. The summed E-state index contributed by atoms with van der Waals surface area (Å²) < 4.78 is 11.7. The van der Waals surface area contributed by atoms with E-state index in [2.05, 4.69) is 41.7 Å². The second-order valence-electron chi connectivity index (χ2n) is 10.4. The number of rotatable bonds is 9. The summed E-state index contributed by atoms with van der Waals surface area (Å²) in [6, 6.07) is 19.3. The highest BCUT2D eigenvalue weighted by Crippen LogP contribution is 2.44. The minimum absolute atomic E-state index is 0.0828. The maximum absolute atomic E-state index is 12.8. The van der Waals surface area contributed by atoms with Crippen molar-refractivity contribution >= 4 is 12.1 Å². The highest BCUT2D eigenvalue weighted by Gasteiger charge is 2.30. The maximum Gasteiger partial charge on any atom is 0.407 e. The first-order valence-corrected chi connectivity index (χ1v) is 13.2. The molecule has 3 aliphatic rings. The van der Waals surface area contributed by atoms with Crippen molar-refractivity contribution in [2.75, 3.05) is 13.2 Å². The van der Waals surface area contributed by atoms with E-state index < -0.39 is 18.1 Å². The molecule has 0 radical (unpaired) electrons. The van der Waals surface area contributed by atoms with E-state index in [0.29, 0.717) is 12.5 Å². The van der Waals surface area contributed by atoms with Gasteiger partial charge in [0.1, 0.15) is 18.4 Å². The Labute approximate surface area is 216 Å². The molecule has 1 fully saturated rings. The Hall–Kier alpha value is -3.80. The summed E-state index contributed by atoms with van der Waals surface area (Å²) in [6.07, 6.45) is 4.89. The minimum atomic E-state index is -1.11. The molecule has 0 heterocycles. The predicted octanol–water partition coefficient (Wildman–Crippen LogP) is 5.50. The van der Waals surface area contributed by atoms with Gasteiger partial charge in [-0.05, 0) is 83.0 Å². The average Bonchev–Trinajstić information content (AvgIpc) is 3.53. The molecule has 1 atom stereocenters. The topological polar surface area (TPSA) is 84.9 Å². The highest BCUT2D eigenvalue weighted by atomic mass is 16.5. The summed E-state index contributed by atoms with van der Waals surface area (Å²) in [7, 11) is 0. The number of amides is 1. The minimum Gasteiger partial charge on any atom is -0.493 e. The number of carbonyl (C=O) groups is 2. The van der Waals surface area contributed by atoms with Gasteiger partial charge in [0.25, 0.3) is 0 Å². The number of hydrogen-bond acceptors (Lipinski definition) is 4. The van der Waals surface area contributed by atoms with Crippen LogP contribution in [0.4, 0.5) is 4.79 Å². The van der Waals surface area contributed by atoms with Crippen molar-refractivity contribution in [3.8, 4) is 16.9 Å². The fourth-order valence-electron chi connectivity index (χ4n) is 5.64. The number of carboxylic acids is 1. The fourth-order valence-corrected chi connectivity index (χ4v) is 5.64. The van der Waals surface area contributed by atoms with Crippen molar-refractivity contribution in [2.24, 2.45) is 5.92 Å². The van der Waals surface area contributed by atoms with Gasteiger partial charge in [-0.25, -0.2) is 9.59 Å². The zero-order valence-corrected chi connectivity index (χ0v) is 20.7. The third-order valence-corrected chi connectivity index (χ3v) is 7.80. The fraction of sp³-hybridized carbons (Fsp3) is 0.355. The molecule has 1 amide bonds. The van der Waals surface area contributed by atoms with Crippen LogP contribution >= 0.6 is 0 Å². The molecule has 37 heavy (non-hydrogen) atoms. The molecule has 0 aromatic heterocycles. The maximum atomic E-state index is 12.8. The summed E-state index contributed by atoms with van der Waals surface area (Å²) in [6.45, 7) is 0.796. The monoisotopic (exact) mass is 497 g/mol. The number of aryl methyl sites for hydroxylation is 2. The van der Waals surface area contributed by atoms with E-state index in [0.717, 1.165) is 52.8 Å². The quantitative estimate of drug-likeness (QED) is 0.408. The second-order valence-corrected chi connectivity index (χ2v) is 10.4. The zero-order chi connectivity index (χ0) is 25.4. The van der Waals surface area contributed by atoms with Crippen molar-refractivity contribution in [1.82, 2.24) is 5.32 Å². The Morgan fingerprint density at radius 2 is 1.57 bits per heavy atom. The zero-order valence-electron chi connectivity index (χ0n) is 20.7. The van der Waals surface area contributed by atoms with Crippen LogP contribution < -0.4 is 10.1 Å². The summed E-state index contributed by atoms with van der Waals surface area (Å²) in [4.78, 5) is 24.9. The van der Waals surface area contributed by atoms with Gasteiger partial charge in [0.05, 0.1) is 6.61 Å². The van der Waals surface area contributed by atoms with E-state index in [4.69, 9.17) is 9.47 Å². The average molecular weight is 498 g/mol. The van der Waals surface area contributed by atoms with E-state index >= 15 is 0 Å². The van der Waals surface area contributed by atoms with Crippen molar-refractivity contribution in [3.63, 3.8) is 0 Å². The highest BCUT2D eigenvalue weighted by molar-refractivity contribution is 5.81. The molecule has 0 spiro atoms. The van der Waals surface area contributed by atoms with Crippen LogP contribution in [0.1, 0.15) is 53.0 Å². The summed E-state index contributed by atoms with van der Waals surface area (Å²) in [5.41, 5.74) is 7.87. The van der Waals surface area contributed by atoms with E-state index in [-0.39, 0.29) is 18.9 Å². The molecule has 6 rings (SSSR count). The molecule has 0 saturated heterocycles. The van der Waals surface area contributed by atoms with Gasteiger partial charge in [-0.15, -0.1) is 0 Å². The predicted molar refractivity (Wildman–Crippen MR) is 140 cm³/mol. The Kier molecular flexibility index (Phi) is 6.33. The van der Waals surface area contributed by atoms with E-state index in [1.54, 1.807) is 0 Å². The SMILES string of the molecule is O=C(NC(Cc1cc2c(cc1OCC1CC1)CCC2)C(=O)O)OCC1c2ccccc2-c2ccccc21. The number of alkyl carbamates (subject to hydrolysis) is 1. The van der Waals surface area contributed by atoms with Crippen LogP contribution in [0.5, 0.6) is 5.75 Å². The van der Waals surface area contributed by atoms with Gasteiger partial charge in [-0.3, -0.25) is 0 Å². The number of carbonyl (C=O) groups excluding carboxylic acids is 1. The first kappa shape index (κ1) is 23.6. The molecule has 0 bridgehead atoms. The number of nitrogens with one attached hydrogen (secondary N) is 1. The lowest BCUT2D eigenvalue weighted by atomic mass is 9.98. The standard InChI is InChI=1S/C31H31NO5/c33-30(34)28(15-22-14-20-6-5-7-21(20)16-29(22)36-17-19-12-13-19)32-31(35)37-18-27-25-10-3-1-8-23(25)24-9-2-4-11-26(24)27/h1-4,8-11,14,16,19,27-28H,5-7,12-13,15,17-18H2,(H,32,35)(H,33,34). The molecule has 190 valence electrons. The molecular formula is C31H31NO5. The van der Waals surface area contributed by atoms with E-state index in [9.17, 15) is 14.7 Å². The molecule has 3 aromatic rings. The largest absolute Gasteiger partial charge is 0.493 e. The number of hydrogen-bond donors (Lipinski definition) is 2. The summed E-state index contributed by atoms with van der Waals surface area (Å²) in [5, 5.41) is 12.5. The molecular weight excluding hydrogens is 466 g/mol. The molecule has 2 N–H and O–H groups in total. The van der Waals surface area contributed by atoms with Gasteiger partial charge < -0.3 is 19.9 Å². The normalized spacial score (nSPS) is 16.4. The number of benzene rings is 3. The number of fused-ring (bicyclic) bond motifs is 4. The Morgan fingerprint density at radius 1 is 0.919 bits per heavy atom. The Bertz CT molecular complexity index is 1300. The van der Waals surface area contributed by atoms with Crippen molar-refractivity contribution in [2.45, 2.75) is 50.5 Å². The molecule has 1 saturated carbocycles. The molecule has 6 nitrogen and oxygen atoms in total. The van der Waals surface area contributed by atoms with Gasteiger partial charge in [-0.1, -0.05) is 54.6 Å². The third kappa shape index (κ3) is 4.93. The lowest BCUT2D eigenvalue weighted by molar-refractivity contribution is -0.139. The van der Waals surface area contributed by atoms with Gasteiger partial charge >= 0.3 is 12.1 Å². The molecule has 6 heteroatoms. The van der Waals surface area contributed by atoms with Crippen molar-refractivity contribution < 1.29 is 24.2 Å². The van der Waals surface area contributed by atoms with E-state index in [1.165, 1.54) is 24.0 Å². The first-order valence-electron chi connectivity index (χ1n) is 13.2. The second kappa shape index (κ2) is 9.92. The number of ether oxygens (including phenoxy) is 2. The van der Waals surface area contributed by atoms with Gasteiger partial charge in [0.2, 0.25) is 0 Å². The van der Waals surface area contributed by atoms with Gasteiger partial charge in [0, 0.05) is 12.3 Å². The third-order valence-electron chi connectivity index (χ3n) is 7.80. The number of carboxylic acid groups (broad SMARTS) is 1. The molecule has 3 aromatic carbocycles. The smallest absolute Gasteiger partial charge is 0.407 e. The van der Waals surface area contributed by atoms with Gasteiger partial charge in [0.15, 0.2) is 0 Å². The van der Waals surface area contributed by atoms with Crippen LogP contribution in [0.25, 0.3) is 11.1 Å². The van der Waals surface area contributed by atoms with Crippen LogP contribution in [-0.4, -0.2) is 36.4 Å². The molecule has 0 aliphatic heterocycles. The van der Waals surface area contributed by atoms with Crippen LogP contribution in [-0.2, 0) is 28.8 Å². The van der Waals surface area contributed by atoms with Crippen molar-refractivity contribution in [1.29, 1.82) is 0 Å². The van der Waals surface area contributed by atoms with Crippen LogP contribution in [0.3, 0.4) is 0 Å².